The Hall–Kier alpha value is -1.53. The molecule has 1 aliphatic heterocycles. The second kappa shape index (κ2) is 5.70. The molecule has 0 amide bonds. The van der Waals surface area contributed by atoms with Crippen LogP contribution in [-0.4, -0.2) is 30.6 Å². The number of nitrogens with one attached hydrogen (secondary N) is 1. The highest BCUT2D eigenvalue weighted by Crippen LogP contribution is 2.15. The van der Waals surface area contributed by atoms with Gasteiger partial charge in [-0.05, 0) is 45.0 Å². The zero-order chi connectivity index (χ0) is 12.1. The zero-order valence-corrected chi connectivity index (χ0v) is 10.3. The average Bonchev–Trinajstić information content (AvgIpc) is 2.90. The Kier molecular flexibility index (Phi) is 4.00. The molecule has 1 atom stereocenters. The van der Waals surface area contributed by atoms with Crippen LogP contribution in [-0.2, 0) is 0 Å². The number of para-hydroxylation sites is 1. The van der Waals surface area contributed by atoms with Gasteiger partial charge in [-0.2, -0.15) is 5.26 Å². The number of nitriles is 1. The first kappa shape index (κ1) is 11.9. The lowest BCUT2D eigenvalue weighted by atomic mass is 10.2. The number of benzene rings is 1. The van der Waals surface area contributed by atoms with Crippen LogP contribution in [0.25, 0.3) is 0 Å². The molecule has 0 aliphatic carbocycles. The summed E-state index contributed by atoms with van der Waals surface area (Å²) in [7, 11) is 0. The summed E-state index contributed by atoms with van der Waals surface area (Å²) in [5.74, 6) is 0. The molecule has 1 aromatic carbocycles. The maximum atomic E-state index is 8.99. The molecule has 2 rings (SSSR count). The highest BCUT2D eigenvalue weighted by atomic mass is 15.2. The van der Waals surface area contributed by atoms with Crippen LogP contribution in [0.15, 0.2) is 24.3 Å². The van der Waals surface area contributed by atoms with Gasteiger partial charge in [0.1, 0.15) is 6.07 Å². The summed E-state index contributed by atoms with van der Waals surface area (Å²) in [5, 5.41) is 12.4. The van der Waals surface area contributed by atoms with Crippen molar-refractivity contribution in [2.24, 2.45) is 0 Å². The van der Waals surface area contributed by atoms with E-state index in [1.165, 1.54) is 25.9 Å². The highest BCUT2D eigenvalue weighted by Gasteiger charge is 2.17. The van der Waals surface area contributed by atoms with E-state index in [-0.39, 0.29) is 0 Å². The Morgan fingerprint density at radius 3 is 2.76 bits per heavy atom. The highest BCUT2D eigenvalue weighted by molar-refractivity contribution is 5.57. The standard InChI is InChI=1S/C14H19N3/c1-12(17-8-4-5-9-17)11-16-14-7-3-2-6-13(14)10-15/h2-3,6-7,12,16H,4-5,8-9,11H2,1H3. The lowest BCUT2D eigenvalue weighted by Gasteiger charge is -2.24. The summed E-state index contributed by atoms with van der Waals surface area (Å²) in [5.41, 5.74) is 1.67. The lowest BCUT2D eigenvalue weighted by molar-refractivity contribution is 0.269. The molecule has 90 valence electrons. The van der Waals surface area contributed by atoms with Crippen molar-refractivity contribution in [2.45, 2.75) is 25.8 Å². The van der Waals surface area contributed by atoms with Gasteiger partial charge >= 0.3 is 0 Å². The van der Waals surface area contributed by atoms with Crippen LogP contribution in [0.4, 0.5) is 5.69 Å². The van der Waals surface area contributed by atoms with Gasteiger partial charge in [0.25, 0.3) is 0 Å². The third kappa shape index (κ3) is 2.98. The van der Waals surface area contributed by atoms with Gasteiger partial charge in [-0.3, -0.25) is 4.90 Å². The second-order valence-electron chi connectivity index (χ2n) is 4.63. The smallest absolute Gasteiger partial charge is 0.101 e. The van der Waals surface area contributed by atoms with Gasteiger partial charge in [0.15, 0.2) is 0 Å². The van der Waals surface area contributed by atoms with Gasteiger partial charge < -0.3 is 5.32 Å². The summed E-state index contributed by atoms with van der Waals surface area (Å²) in [4.78, 5) is 2.50. The zero-order valence-electron chi connectivity index (χ0n) is 10.3. The minimum absolute atomic E-state index is 0.532. The summed E-state index contributed by atoms with van der Waals surface area (Å²) in [6, 6.07) is 10.4. The van der Waals surface area contributed by atoms with Crippen molar-refractivity contribution in [3.63, 3.8) is 0 Å². The van der Waals surface area contributed by atoms with E-state index < -0.39 is 0 Å². The fourth-order valence-corrected chi connectivity index (χ4v) is 2.30. The molecular formula is C14H19N3. The average molecular weight is 229 g/mol. The van der Waals surface area contributed by atoms with Crippen molar-refractivity contribution < 1.29 is 0 Å². The Labute approximate surface area is 103 Å². The molecule has 0 aromatic heterocycles. The Balaban J connectivity index is 1.91. The maximum absolute atomic E-state index is 8.99. The number of rotatable bonds is 4. The molecular weight excluding hydrogens is 210 g/mol. The van der Waals surface area contributed by atoms with Gasteiger partial charge in [0, 0.05) is 12.6 Å². The Bertz CT molecular complexity index is 402. The second-order valence-corrected chi connectivity index (χ2v) is 4.63. The number of hydrogen-bond donors (Lipinski definition) is 1. The van der Waals surface area contributed by atoms with Gasteiger partial charge in [-0.25, -0.2) is 0 Å². The summed E-state index contributed by atoms with van der Waals surface area (Å²) in [6.45, 7) is 5.57. The van der Waals surface area contributed by atoms with Crippen LogP contribution in [0, 0.1) is 11.3 Å². The quantitative estimate of drug-likeness (QED) is 0.862. The molecule has 1 aromatic rings. The van der Waals surface area contributed by atoms with Crippen molar-refractivity contribution >= 4 is 5.69 Å². The van der Waals surface area contributed by atoms with Crippen LogP contribution in [0.3, 0.4) is 0 Å². The molecule has 0 bridgehead atoms. The number of anilines is 1. The van der Waals surface area contributed by atoms with Crippen LogP contribution >= 0.6 is 0 Å². The molecule has 1 unspecified atom stereocenters. The third-order valence-corrected chi connectivity index (χ3v) is 3.40. The topological polar surface area (TPSA) is 39.1 Å². The third-order valence-electron chi connectivity index (χ3n) is 3.40. The minimum atomic E-state index is 0.532. The van der Waals surface area contributed by atoms with Gasteiger partial charge in [0.05, 0.1) is 11.3 Å². The number of hydrogen-bond acceptors (Lipinski definition) is 3. The van der Waals surface area contributed by atoms with Crippen molar-refractivity contribution in [3.05, 3.63) is 29.8 Å². The molecule has 0 saturated carbocycles. The Morgan fingerprint density at radius 1 is 1.35 bits per heavy atom. The van der Waals surface area contributed by atoms with Crippen LogP contribution in [0.5, 0.6) is 0 Å². The normalized spacial score (nSPS) is 17.6. The van der Waals surface area contributed by atoms with Gasteiger partial charge in [-0.1, -0.05) is 12.1 Å². The van der Waals surface area contributed by atoms with Crippen molar-refractivity contribution in [2.75, 3.05) is 25.0 Å². The molecule has 0 radical (unpaired) electrons. The lowest BCUT2D eigenvalue weighted by Crippen LogP contribution is -2.35. The summed E-state index contributed by atoms with van der Waals surface area (Å²) < 4.78 is 0. The number of likely N-dealkylation sites (tertiary alicyclic amines) is 1. The number of nitrogens with zero attached hydrogens (tertiary/aromatic N) is 2. The SMILES string of the molecule is CC(CNc1ccccc1C#N)N1CCCC1. The van der Waals surface area contributed by atoms with E-state index >= 15 is 0 Å². The van der Waals surface area contributed by atoms with Crippen molar-refractivity contribution in [1.29, 1.82) is 5.26 Å². The van der Waals surface area contributed by atoms with Gasteiger partial charge in [-0.15, -0.1) is 0 Å². The van der Waals surface area contributed by atoms with E-state index in [0.717, 1.165) is 17.8 Å². The maximum Gasteiger partial charge on any atom is 0.101 e. The molecule has 0 spiro atoms. The Morgan fingerprint density at radius 2 is 2.06 bits per heavy atom. The van der Waals surface area contributed by atoms with E-state index in [1.54, 1.807) is 0 Å². The molecule has 3 nitrogen and oxygen atoms in total. The minimum Gasteiger partial charge on any atom is -0.382 e. The van der Waals surface area contributed by atoms with Crippen molar-refractivity contribution in [3.8, 4) is 6.07 Å². The van der Waals surface area contributed by atoms with E-state index in [1.807, 2.05) is 24.3 Å². The van der Waals surface area contributed by atoms with Crippen LogP contribution in [0.1, 0.15) is 25.3 Å². The molecule has 3 heteroatoms. The van der Waals surface area contributed by atoms with Crippen LogP contribution in [0.2, 0.25) is 0 Å². The monoisotopic (exact) mass is 229 g/mol. The van der Waals surface area contributed by atoms with E-state index in [2.05, 4.69) is 23.2 Å². The summed E-state index contributed by atoms with van der Waals surface area (Å²) in [6.07, 6.45) is 2.64. The van der Waals surface area contributed by atoms with E-state index in [9.17, 15) is 0 Å². The van der Waals surface area contributed by atoms with Crippen molar-refractivity contribution in [1.82, 2.24) is 4.90 Å². The molecule has 1 heterocycles. The largest absolute Gasteiger partial charge is 0.382 e. The van der Waals surface area contributed by atoms with E-state index in [0.29, 0.717) is 6.04 Å². The fraction of sp³-hybridized carbons (Fsp3) is 0.500. The fourth-order valence-electron chi connectivity index (χ4n) is 2.30. The first-order valence-corrected chi connectivity index (χ1v) is 6.28. The first-order chi connectivity index (χ1) is 8.31. The van der Waals surface area contributed by atoms with Gasteiger partial charge in [0.2, 0.25) is 0 Å². The predicted molar refractivity (Wildman–Crippen MR) is 69.9 cm³/mol. The molecule has 1 N–H and O–H groups in total. The van der Waals surface area contributed by atoms with E-state index in [4.69, 9.17) is 5.26 Å². The first-order valence-electron chi connectivity index (χ1n) is 6.28. The molecule has 1 aliphatic rings. The molecule has 1 saturated heterocycles. The van der Waals surface area contributed by atoms with Crippen LogP contribution < -0.4 is 5.32 Å². The predicted octanol–water partition coefficient (Wildman–Crippen LogP) is 2.45. The summed E-state index contributed by atoms with van der Waals surface area (Å²) >= 11 is 0. The molecule has 1 fully saturated rings. The molecule has 17 heavy (non-hydrogen) atoms.